The van der Waals surface area contributed by atoms with Crippen LogP contribution < -0.4 is 9.47 Å². The number of benzene rings is 1. The second-order valence-corrected chi connectivity index (χ2v) is 7.05. The van der Waals surface area contributed by atoms with Crippen molar-refractivity contribution in [2.75, 3.05) is 6.61 Å². The third-order valence-corrected chi connectivity index (χ3v) is 4.67. The Balaban J connectivity index is 2.65. The fourth-order valence-corrected chi connectivity index (χ4v) is 3.10. The van der Waals surface area contributed by atoms with Gasteiger partial charge in [-0.3, -0.25) is 0 Å². The Morgan fingerprint density at radius 3 is 2.11 bits per heavy atom. The maximum atomic E-state index is 10.8. The molecule has 0 bridgehead atoms. The molecule has 0 aliphatic rings. The van der Waals surface area contributed by atoms with Gasteiger partial charge in [-0.05, 0) is 30.9 Å². The van der Waals surface area contributed by atoms with E-state index in [2.05, 4.69) is 18.6 Å². The van der Waals surface area contributed by atoms with Crippen molar-refractivity contribution in [3.05, 3.63) is 17.7 Å². The van der Waals surface area contributed by atoms with Crippen molar-refractivity contribution in [3.8, 4) is 17.2 Å². The lowest BCUT2D eigenvalue weighted by Crippen LogP contribution is -2.06. The molecule has 1 aromatic rings. The van der Waals surface area contributed by atoms with E-state index < -0.39 is 6.16 Å². The highest BCUT2D eigenvalue weighted by atomic mass is 16.7. The van der Waals surface area contributed by atoms with Crippen molar-refractivity contribution in [1.82, 2.24) is 0 Å². The zero-order valence-corrected chi connectivity index (χ0v) is 17.0. The molecular weight excluding hydrogens is 344 g/mol. The van der Waals surface area contributed by atoms with Gasteiger partial charge in [0.1, 0.15) is 0 Å². The summed E-state index contributed by atoms with van der Waals surface area (Å²) in [6.45, 7) is 4.90. The Labute approximate surface area is 163 Å². The van der Waals surface area contributed by atoms with Gasteiger partial charge in [0, 0.05) is 0 Å². The number of phenolic OH excluding ortho intramolecular Hbond substituents is 1. The molecule has 1 aromatic carbocycles. The summed E-state index contributed by atoms with van der Waals surface area (Å²) >= 11 is 0. The van der Waals surface area contributed by atoms with Gasteiger partial charge in [0.2, 0.25) is 5.75 Å². The minimum atomic E-state index is -1.44. The second kappa shape index (κ2) is 14.2. The van der Waals surface area contributed by atoms with E-state index in [0.717, 1.165) is 37.7 Å². The first-order valence-electron chi connectivity index (χ1n) is 10.5. The molecule has 0 unspecified atom stereocenters. The number of ether oxygens (including phenoxy) is 2. The fraction of sp³-hybridized carbons (Fsp3) is 0.682. The first kappa shape index (κ1) is 23.1. The highest BCUT2D eigenvalue weighted by molar-refractivity contribution is 5.65. The molecule has 0 atom stereocenters. The molecule has 0 saturated heterocycles. The Bertz CT molecular complexity index is 542. The van der Waals surface area contributed by atoms with Crippen LogP contribution in [0, 0.1) is 0 Å². The van der Waals surface area contributed by atoms with Gasteiger partial charge >= 0.3 is 6.16 Å². The topological polar surface area (TPSA) is 76.0 Å². The van der Waals surface area contributed by atoms with Crippen LogP contribution >= 0.6 is 0 Å². The zero-order chi connectivity index (χ0) is 19.9. The van der Waals surface area contributed by atoms with E-state index in [1.165, 1.54) is 51.0 Å². The quantitative estimate of drug-likeness (QED) is 0.201. The molecule has 5 nitrogen and oxygen atoms in total. The molecule has 0 aliphatic carbocycles. The van der Waals surface area contributed by atoms with Gasteiger partial charge in [0.05, 0.1) is 6.61 Å². The standard InChI is InChI=1S/C22H36O5/c1-3-5-7-9-11-13-17-26-21-18(14-12-10-8-6-4-2)15-16-19(20(21)23)27-22(24)25/h15-16,23H,3-14,17H2,1-2H3,(H,24,25). The predicted molar refractivity (Wildman–Crippen MR) is 108 cm³/mol. The summed E-state index contributed by atoms with van der Waals surface area (Å²) in [5.41, 5.74) is 0.910. The molecule has 0 radical (unpaired) electrons. The third kappa shape index (κ3) is 9.55. The Kier molecular flexibility index (Phi) is 12.2. The minimum Gasteiger partial charge on any atom is -0.502 e. The van der Waals surface area contributed by atoms with Gasteiger partial charge in [-0.15, -0.1) is 0 Å². The minimum absolute atomic E-state index is 0.0739. The Morgan fingerprint density at radius 1 is 0.889 bits per heavy atom. The molecule has 154 valence electrons. The van der Waals surface area contributed by atoms with Crippen LogP contribution in [0.5, 0.6) is 17.2 Å². The number of hydrogen-bond acceptors (Lipinski definition) is 4. The Hall–Kier alpha value is -1.91. The van der Waals surface area contributed by atoms with Crippen LogP contribution in [0.3, 0.4) is 0 Å². The molecule has 0 amide bonds. The molecule has 2 N–H and O–H groups in total. The molecule has 0 aliphatic heterocycles. The second-order valence-electron chi connectivity index (χ2n) is 7.05. The van der Waals surface area contributed by atoms with Crippen molar-refractivity contribution >= 4 is 6.16 Å². The normalized spacial score (nSPS) is 10.7. The van der Waals surface area contributed by atoms with E-state index in [-0.39, 0.29) is 11.5 Å². The van der Waals surface area contributed by atoms with Crippen LogP contribution in [0.2, 0.25) is 0 Å². The van der Waals surface area contributed by atoms with Crippen molar-refractivity contribution in [3.63, 3.8) is 0 Å². The van der Waals surface area contributed by atoms with Crippen LogP contribution in [0.1, 0.15) is 90.0 Å². The highest BCUT2D eigenvalue weighted by Crippen LogP contribution is 2.40. The lowest BCUT2D eigenvalue weighted by Gasteiger charge is -2.15. The summed E-state index contributed by atoms with van der Waals surface area (Å²) in [6, 6.07) is 3.30. The number of phenols is 1. The average molecular weight is 381 g/mol. The number of carboxylic acid groups (broad SMARTS) is 1. The molecule has 0 heterocycles. The van der Waals surface area contributed by atoms with Crippen molar-refractivity contribution in [2.24, 2.45) is 0 Å². The largest absolute Gasteiger partial charge is 0.511 e. The number of rotatable bonds is 15. The Morgan fingerprint density at radius 2 is 1.48 bits per heavy atom. The zero-order valence-electron chi connectivity index (χ0n) is 17.0. The van der Waals surface area contributed by atoms with Crippen LogP contribution in [-0.4, -0.2) is 23.0 Å². The van der Waals surface area contributed by atoms with Gasteiger partial charge in [-0.2, -0.15) is 0 Å². The van der Waals surface area contributed by atoms with Crippen molar-refractivity contribution in [1.29, 1.82) is 0 Å². The lowest BCUT2D eigenvalue weighted by molar-refractivity contribution is 0.142. The number of unbranched alkanes of at least 4 members (excludes halogenated alkanes) is 9. The van der Waals surface area contributed by atoms with Gasteiger partial charge in [-0.1, -0.05) is 77.7 Å². The molecule has 0 saturated carbocycles. The molecule has 5 heteroatoms. The summed E-state index contributed by atoms with van der Waals surface area (Å²) in [4.78, 5) is 10.8. The number of carbonyl (C=O) groups is 1. The predicted octanol–water partition coefficient (Wildman–Crippen LogP) is 6.70. The number of aromatic hydroxyl groups is 1. The lowest BCUT2D eigenvalue weighted by atomic mass is 10.0. The maximum Gasteiger partial charge on any atom is 0.511 e. The first-order valence-corrected chi connectivity index (χ1v) is 10.5. The average Bonchev–Trinajstić information content (AvgIpc) is 2.64. The van der Waals surface area contributed by atoms with Crippen molar-refractivity contribution in [2.45, 2.75) is 90.9 Å². The molecule has 0 spiro atoms. The highest BCUT2D eigenvalue weighted by Gasteiger charge is 2.17. The van der Waals surface area contributed by atoms with Gasteiger partial charge in [-0.25, -0.2) is 4.79 Å². The van der Waals surface area contributed by atoms with Gasteiger partial charge in [0.25, 0.3) is 0 Å². The summed E-state index contributed by atoms with van der Waals surface area (Å²) in [7, 11) is 0. The van der Waals surface area contributed by atoms with E-state index in [0.29, 0.717) is 12.4 Å². The number of aryl methyl sites for hydroxylation is 1. The maximum absolute atomic E-state index is 10.8. The molecule has 1 rings (SSSR count). The van der Waals surface area contributed by atoms with E-state index >= 15 is 0 Å². The smallest absolute Gasteiger partial charge is 0.502 e. The van der Waals surface area contributed by atoms with Crippen molar-refractivity contribution < 1.29 is 24.5 Å². The van der Waals surface area contributed by atoms with Crippen LogP contribution in [0.25, 0.3) is 0 Å². The molecule has 27 heavy (non-hydrogen) atoms. The summed E-state index contributed by atoms with van der Waals surface area (Å²) in [5.74, 6) is 0.0856. The SMILES string of the molecule is CCCCCCCCOc1c(CCCCCCC)ccc(OC(=O)O)c1O. The van der Waals surface area contributed by atoms with E-state index in [4.69, 9.17) is 9.84 Å². The van der Waals surface area contributed by atoms with Gasteiger partial charge < -0.3 is 19.7 Å². The van der Waals surface area contributed by atoms with E-state index in [9.17, 15) is 9.90 Å². The molecular formula is C22H36O5. The van der Waals surface area contributed by atoms with Gasteiger partial charge in [0.15, 0.2) is 11.5 Å². The van der Waals surface area contributed by atoms with Crippen LogP contribution in [0.15, 0.2) is 12.1 Å². The molecule has 0 fully saturated rings. The monoisotopic (exact) mass is 380 g/mol. The third-order valence-electron chi connectivity index (χ3n) is 4.67. The summed E-state index contributed by atoms with van der Waals surface area (Å²) in [5, 5.41) is 19.2. The fourth-order valence-electron chi connectivity index (χ4n) is 3.10. The van der Waals surface area contributed by atoms with E-state index in [1.54, 1.807) is 6.07 Å². The first-order chi connectivity index (χ1) is 13.1. The number of hydrogen-bond donors (Lipinski definition) is 2. The molecule has 0 aromatic heterocycles. The van der Waals surface area contributed by atoms with E-state index in [1.807, 2.05) is 0 Å². The van der Waals surface area contributed by atoms with Crippen LogP contribution in [0.4, 0.5) is 4.79 Å². The van der Waals surface area contributed by atoms with Crippen LogP contribution in [-0.2, 0) is 6.42 Å². The summed E-state index contributed by atoms with van der Waals surface area (Å²) < 4.78 is 10.5. The summed E-state index contributed by atoms with van der Waals surface area (Å²) in [6.07, 6.45) is 12.1.